The van der Waals surface area contributed by atoms with Gasteiger partial charge in [0.25, 0.3) is 0 Å². The maximum absolute atomic E-state index is 11.1. The Balaban J connectivity index is 1.50. The number of pyridine rings is 1. The van der Waals surface area contributed by atoms with E-state index in [1.807, 2.05) is 26.0 Å². The van der Waals surface area contributed by atoms with Gasteiger partial charge in [0.1, 0.15) is 5.75 Å². The summed E-state index contributed by atoms with van der Waals surface area (Å²) in [5.41, 5.74) is 2.98. The van der Waals surface area contributed by atoms with E-state index in [2.05, 4.69) is 25.2 Å². The van der Waals surface area contributed by atoms with Crippen LogP contribution in [0.4, 0.5) is 5.95 Å². The highest BCUT2D eigenvalue weighted by Gasteiger charge is 2.21. The fourth-order valence-electron chi connectivity index (χ4n) is 3.44. The number of anilines is 1. The van der Waals surface area contributed by atoms with Crippen LogP contribution in [-0.4, -0.2) is 45.5 Å². The zero-order chi connectivity index (χ0) is 18.5. The van der Waals surface area contributed by atoms with E-state index in [-0.39, 0.29) is 5.91 Å². The van der Waals surface area contributed by atoms with Crippen molar-refractivity contribution in [1.82, 2.24) is 19.9 Å². The van der Waals surface area contributed by atoms with Gasteiger partial charge < -0.3 is 9.72 Å². The van der Waals surface area contributed by atoms with Gasteiger partial charge in [0.15, 0.2) is 0 Å². The van der Waals surface area contributed by atoms with Crippen molar-refractivity contribution in [2.75, 3.05) is 25.0 Å². The SMILES string of the molecule is CC(=O)Nc1ncc(CN2CCCC(COc3cc(C)nc(C)c3)C2)[nH]1. The van der Waals surface area contributed by atoms with Gasteiger partial charge in [-0.15, -0.1) is 0 Å². The van der Waals surface area contributed by atoms with Crippen LogP contribution in [0.1, 0.15) is 36.8 Å². The summed E-state index contributed by atoms with van der Waals surface area (Å²) in [6, 6.07) is 3.98. The first-order valence-electron chi connectivity index (χ1n) is 9.10. The van der Waals surface area contributed by atoms with Gasteiger partial charge in [-0.1, -0.05) is 0 Å². The molecule has 7 heteroatoms. The number of ether oxygens (including phenoxy) is 1. The maximum Gasteiger partial charge on any atom is 0.223 e. The number of aromatic nitrogens is 3. The third-order valence-electron chi connectivity index (χ3n) is 4.46. The smallest absolute Gasteiger partial charge is 0.223 e. The predicted octanol–water partition coefficient (Wildman–Crippen LogP) is 2.67. The predicted molar refractivity (Wildman–Crippen MR) is 100 cm³/mol. The minimum Gasteiger partial charge on any atom is -0.493 e. The Morgan fingerprint density at radius 2 is 2.15 bits per heavy atom. The van der Waals surface area contributed by atoms with Crippen LogP contribution >= 0.6 is 0 Å². The Bertz CT molecular complexity index is 738. The van der Waals surface area contributed by atoms with Crippen LogP contribution < -0.4 is 10.1 Å². The van der Waals surface area contributed by atoms with Crippen molar-refractivity contribution in [3.63, 3.8) is 0 Å². The lowest BCUT2D eigenvalue weighted by Crippen LogP contribution is -2.37. The van der Waals surface area contributed by atoms with Crippen molar-refractivity contribution < 1.29 is 9.53 Å². The fourth-order valence-corrected chi connectivity index (χ4v) is 3.44. The molecule has 1 amide bonds. The van der Waals surface area contributed by atoms with Crippen LogP contribution in [0.15, 0.2) is 18.3 Å². The van der Waals surface area contributed by atoms with Crippen LogP contribution in [0.25, 0.3) is 0 Å². The standard InChI is InChI=1S/C19H27N5O2/c1-13-7-18(8-14(2)21-13)26-12-16-5-4-6-24(10-16)11-17-9-20-19(23-17)22-15(3)25/h7-9,16H,4-6,10-12H2,1-3H3,(H2,20,22,23,25). The van der Waals surface area contributed by atoms with E-state index in [0.29, 0.717) is 11.9 Å². The maximum atomic E-state index is 11.1. The first-order valence-corrected chi connectivity index (χ1v) is 9.10. The number of hydrogen-bond donors (Lipinski definition) is 2. The molecule has 1 aliphatic heterocycles. The number of carbonyl (C=O) groups excluding carboxylic acids is 1. The number of hydrogen-bond acceptors (Lipinski definition) is 5. The van der Waals surface area contributed by atoms with E-state index < -0.39 is 0 Å². The minimum atomic E-state index is -0.123. The Morgan fingerprint density at radius 3 is 2.88 bits per heavy atom. The molecule has 0 bridgehead atoms. The Hall–Kier alpha value is -2.41. The number of piperidine rings is 1. The Morgan fingerprint density at radius 1 is 1.38 bits per heavy atom. The molecule has 1 atom stereocenters. The van der Waals surface area contributed by atoms with E-state index in [4.69, 9.17) is 4.74 Å². The second-order valence-corrected chi connectivity index (χ2v) is 7.08. The molecule has 3 heterocycles. The number of nitrogens with zero attached hydrogens (tertiary/aromatic N) is 3. The zero-order valence-electron chi connectivity index (χ0n) is 15.7. The van der Waals surface area contributed by atoms with Crippen molar-refractivity contribution in [3.8, 4) is 5.75 Å². The topological polar surface area (TPSA) is 83.1 Å². The van der Waals surface area contributed by atoms with Crippen LogP contribution in [0.5, 0.6) is 5.75 Å². The molecular weight excluding hydrogens is 330 g/mol. The van der Waals surface area contributed by atoms with Gasteiger partial charge in [0, 0.05) is 49.5 Å². The lowest BCUT2D eigenvalue weighted by atomic mass is 9.99. The summed E-state index contributed by atoms with van der Waals surface area (Å²) in [6.45, 7) is 9.04. The summed E-state index contributed by atoms with van der Waals surface area (Å²) in [7, 11) is 0. The first kappa shape index (κ1) is 18.4. The van der Waals surface area contributed by atoms with Gasteiger partial charge in [-0.05, 0) is 33.2 Å². The quantitative estimate of drug-likeness (QED) is 0.830. The Kier molecular flexibility index (Phi) is 5.88. The largest absolute Gasteiger partial charge is 0.493 e. The third kappa shape index (κ3) is 5.29. The number of H-pyrrole nitrogens is 1. The Labute approximate surface area is 154 Å². The molecule has 1 unspecified atom stereocenters. The molecule has 1 saturated heterocycles. The monoisotopic (exact) mass is 357 g/mol. The molecule has 140 valence electrons. The number of amides is 1. The summed E-state index contributed by atoms with van der Waals surface area (Å²) in [6.07, 6.45) is 4.13. The normalized spacial score (nSPS) is 17.9. The highest BCUT2D eigenvalue weighted by Crippen LogP contribution is 2.21. The van der Waals surface area contributed by atoms with Gasteiger partial charge in [-0.2, -0.15) is 0 Å². The second kappa shape index (κ2) is 8.31. The van der Waals surface area contributed by atoms with Crippen molar-refractivity contribution in [2.24, 2.45) is 5.92 Å². The van der Waals surface area contributed by atoms with E-state index in [0.717, 1.165) is 55.5 Å². The second-order valence-electron chi connectivity index (χ2n) is 7.08. The molecule has 1 fully saturated rings. The molecular formula is C19H27N5O2. The number of carbonyl (C=O) groups is 1. The van der Waals surface area contributed by atoms with Crippen LogP contribution in [0.2, 0.25) is 0 Å². The molecule has 2 aromatic heterocycles. The highest BCUT2D eigenvalue weighted by molar-refractivity contribution is 5.86. The number of aryl methyl sites for hydroxylation is 2. The molecule has 0 saturated carbocycles. The van der Waals surface area contributed by atoms with Crippen LogP contribution in [0.3, 0.4) is 0 Å². The average Bonchev–Trinajstić information content (AvgIpc) is 2.98. The molecule has 0 radical (unpaired) electrons. The molecule has 3 rings (SSSR count). The van der Waals surface area contributed by atoms with E-state index >= 15 is 0 Å². The van der Waals surface area contributed by atoms with Gasteiger partial charge in [-0.25, -0.2) is 4.98 Å². The lowest BCUT2D eigenvalue weighted by molar-refractivity contribution is -0.114. The van der Waals surface area contributed by atoms with Gasteiger partial charge in [-0.3, -0.25) is 20.0 Å². The molecule has 1 aliphatic rings. The molecule has 0 spiro atoms. The first-order chi connectivity index (χ1) is 12.5. The fraction of sp³-hybridized carbons (Fsp3) is 0.526. The molecule has 2 N–H and O–H groups in total. The summed E-state index contributed by atoms with van der Waals surface area (Å²) >= 11 is 0. The third-order valence-corrected chi connectivity index (χ3v) is 4.46. The number of aromatic amines is 1. The van der Waals surface area contributed by atoms with E-state index in [9.17, 15) is 4.79 Å². The number of rotatable bonds is 6. The van der Waals surface area contributed by atoms with Gasteiger partial charge in [0.05, 0.1) is 18.5 Å². The lowest BCUT2D eigenvalue weighted by Gasteiger charge is -2.32. The van der Waals surface area contributed by atoms with Gasteiger partial charge in [0.2, 0.25) is 11.9 Å². The van der Waals surface area contributed by atoms with Crippen LogP contribution in [0, 0.1) is 19.8 Å². The van der Waals surface area contributed by atoms with Crippen molar-refractivity contribution in [2.45, 2.75) is 40.2 Å². The van der Waals surface area contributed by atoms with E-state index in [1.165, 1.54) is 13.3 Å². The van der Waals surface area contributed by atoms with Crippen LogP contribution in [-0.2, 0) is 11.3 Å². The molecule has 26 heavy (non-hydrogen) atoms. The van der Waals surface area contributed by atoms with E-state index in [1.54, 1.807) is 6.20 Å². The number of nitrogens with one attached hydrogen (secondary N) is 2. The van der Waals surface area contributed by atoms with Crippen molar-refractivity contribution in [3.05, 3.63) is 35.4 Å². The number of likely N-dealkylation sites (tertiary alicyclic amines) is 1. The summed E-state index contributed by atoms with van der Waals surface area (Å²) in [4.78, 5) is 25.2. The molecule has 0 aromatic carbocycles. The molecule has 2 aromatic rings. The molecule has 7 nitrogen and oxygen atoms in total. The summed E-state index contributed by atoms with van der Waals surface area (Å²) < 4.78 is 6.02. The minimum absolute atomic E-state index is 0.123. The highest BCUT2D eigenvalue weighted by atomic mass is 16.5. The van der Waals surface area contributed by atoms with Gasteiger partial charge >= 0.3 is 0 Å². The molecule has 0 aliphatic carbocycles. The van der Waals surface area contributed by atoms with Crippen molar-refractivity contribution >= 4 is 11.9 Å². The number of imidazole rings is 1. The van der Waals surface area contributed by atoms with Crippen molar-refractivity contribution in [1.29, 1.82) is 0 Å². The summed E-state index contributed by atoms with van der Waals surface area (Å²) in [5, 5.41) is 2.67. The average molecular weight is 357 g/mol. The summed E-state index contributed by atoms with van der Waals surface area (Å²) in [5.74, 6) is 1.80. The zero-order valence-corrected chi connectivity index (χ0v) is 15.7.